The summed E-state index contributed by atoms with van der Waals surface area (Å²) in [5, 5.41) is 3.17. The maximum atomic E-state index is 6.63. The van der Waals surface area contributed by atoms with Gasteiger partial charge in [0.15, 0.2) is 0 Å². The number of rotatable bonds is 6. The van der Waals surface area contributed by atoms with Crippen molar-refractivity contribution >= 4 is 44.5 Å². The second-order valence-corrected chi connectivity index (χ2v) is 13.8. The summed E-state index contributed by atoms with van der Waals surface area (Å²) >= 11 is 0. The summed E-state index contributed by atoms with van der Waals surface area (Å²) < 4.78 is 0. The third kappa shape index (κ3) is 4.81. The molecule has 6 aromatic carbocycles. The fraction of sp³-hybridized carbons (Fsp3) is 0.0200. The molecule has 4 nitrogen and oxygen atoms in total. The van der Waals surface area contributed by atoms with Crippen LogP contribution < -0.4 is 5.73 Å². The van der Waals surface area contributed by atoms with Crippen LogP contribution in [0.4, 0.5) is 5.69 Å². The van der Waals surface area contributed by atoms with E-state index in [1.54, 1.807) is 6.08 Å². The molecule has 0 amide bonds. The molecule has 4 heteroatoms. The Morgan fingerprint density at radius 2 is 1.02 bits per heavy atom. The Morgan fingerprint density at radius 3 is 1.63 bits per heavy atom. The molecule has 0 atom stereocenters. The van der Waals surface area contributed by atoms with E-state index < -0.39 is 5.41 Å². The van der Waals surface area contributed by atoms with Crippen LogP contribution in [-0.4, -0.2) is 15.0 Å². The van der Waals surface area contributed by atoms with Crippen LogP contribution in [0.3, 0.4) is 0 Å². The average Bonchev–Trinajstić information content (AvgIpc) is 3.54. The minimum atomic E-state index is -0.533. The highest BCUT2D eigenvalue weighted by molar-refractivity contribution is 6.03. The fourth-order valence-electron chi connectivity index (χ4n) is 8.39. The number of fused-ring (bicyclic) bond motifs is 7. The molecule has 0 bridgehead atoms. The molecule has 0 saturated carbocycles. The quantitative estimate of drug-likeness (QED) is 0.107. The van der Waals surface area contributed by atoms with E-state index in [9.17, 15) is 0 Å². The van der Waals surface area contributed by atoms with Crippen LogP contribution in [0.1, 0.15) is 27.8 Å². The van der Waals surface area contributed by atoms with Gasteiger partial charge in [-0.2, -0.15) is 0 Å². The number of hydrogen-bond donors (Lipinski definition) is 1. The lowest BCUT2D eigenvalue weighted by atomic mass is 9.67. The van der Waals surface area contributed by atoms with Gasteiger partial charge in [-0.25, -0.2) is 9.97 Å². The Bertz CT molecular complexity index is 2910. The second kappa shape index (κ2) is 12.5. The molecular weight excluding hydrogens is 657 g/mol. The molecule has 1 aliphatic carbocycles. The monoisotopic (exact) mass is 690 g/mol. The van der Waals surface area contributed by atoms with E-state index in [0.29, 0.717) is 5.69 Å². The van der Waals surface area contributed by atoms with Crippen LogP contribution >= 0.6 is 0 Å². The van der Waals surface area contributed by atoms with Gasteiger partial charge in [0.2, 0.25) is 0 Å². The van der Waals surface area contributed by atoms with Gasteiger partial charge in [0.05, 0.1) is 39.0 Å². The Labute approximate surface area is 313 Å². The molecule has 254 valence electrons. The zero-order chi connectivity index (χ0) is 36.2. The number of anilines is 1. The first kappa shape index (κ1) is 31.6. The van der Waals surface area contributed by atoms with Gasteiger partial charge < -0.3 is 5.73 Å². The number of pyridine rings is 3. The summed E-state index contributed by atoms with van der Waals surface area (Å²) in [6, 6.07) is 56.3. The summed E-state index contributed by atoms with van der Waals surface area (Å²) in [6.07, 6.45) is 7.44. The molecule has 10 rings (SSSR count). The van der Waals surface area contributed by atoms with Crippen molar-refractivity contribution in [2.45, 2.75) is 5.41 Å². The third-order valence-electron chi connectivity index (χ3n) is 11.0. The Balaban J connectivity index is 1.11. The van der Waals surface area contributed by atoms with Gasteiger partial charge in [-0.05, 0) is 57.1 Å². The van der Waals surface area contributed by atoms with Crippen molar-refractivity contribution in [1.29, 1.82) is 0 Å². The van der Waals surface area contributed by atoms with Crippen LogP contribution in [0.5, 0.6) is 0 Å². The minimum Gasteiger partial charge on any atom is -0.396 e. The van der Waals surface area contributed by atoms with E-state index in [1.165, 1.54) is 33.4 Å². The summed E-state index contributed by atoms with van der Waals surface area (Å²) in [7, 11) is 0. The molecule has 2 N–H and O–H groups in total. The summed E-state index contributed by atoms with van der Waals surface area (Å²) in [6.45, 7) is 3.79. The Morgan fingerprint density at radius 1 is 0.500 bits per heavy atom. The maximum Gasteiger partial charge on any atom is 0.0972 e. The van der Waals surface area contributed by atoms with Crippen LogP contribution in [0.25, 0.3) is 72.4 Å². The lowest BCUT2D eigenvalue weighted by molar-refractivity contribution is 0.768. The van der Waals surface area contributed by atoms with Crippen molar-refractivity contribution < 1.29 is 0 Å². The number of nitrogens with zero attached hydrogens (tertiary/aromatic N) is 3. The van der Waals surface area contributed by atoms with Crippen molar-refractivity contribution in [3.8, 4) is 33.6 Å². The lowest BCUT2D eigenvalue weighted by Crippen LogP contribution is -2.28. The molecule has 54 heavy (non-hydrogen) atoms. The van der Waals surface area contributed by atoms with Crippen molar-refractivity contribution in [1.82, 2.24) is 15.0 Å². The van der Waals surface area contributed by atoms with Crippen molar-refractivity contribution in [3.63, 3.8) is 0 Å². The Kier molecular flexibility index (Phi) is 7.31. The molecule has 9 aromatic rings. The zero-order valence-corrected chi connectivity index (χ0v) is 29.4. The van der Waals surface area contributed by atoms with Gasteiger partial charge in [0.25, 0.3) is 0 Å². The highest BCUT2D eigenvalue weighted by atomic mass is 14.8. The fourth-order valence-corrected chi connectivity index (χ4v) is 8.39. The predicted molar refractivity (Wildman–Crippen MR) is 224 cm³/mol. The second-order valence-electron chi connectivity index (χ2n) is 13.8. The van der Waals surface area contributed by atoms with Crippen molar-refractivity contribution in [2.24, 2.45) is 0 Å². The third-order valence-corrected chi connectivity index (χ3v) is 11.0. The molecule has 0 spiro atoms. The normalized spacial score (nSPS) is 13.0. The minimum absolute atomic E-state index is 0.533. The van der Waals surface area contributed by atoms with E-state index in [1.807, 2.05) is 30.5 Å². The lowest BCUT2D eigenvalue weighted by Gasteiger charge is -2.34. The van der Waals surface area contributed by atoms with Gasteiger partial charge in [0.1, 0.15) is 0 Å². The van der Waals surface area contributed by atoms with Crippen molar-refractivity contribution in [2.75, 3.05) is 5.73 Å². The first-order valence-electron chi connectivity index (χ1n) is 18.2. The van der Waals surface area contributed by atoms with E-state index >= 15 is 0 Å². The number of aromatic nitrogens is 3. The molecule has 3 heterocycles. The molecule has 0 saturated heterocycles. The summed E-state index contributed by atoms with van der Waals surface area (Å²) in [4.78, 5) is 14.9. The number of nitrogen functional groups attached to an aromatic ring is 1. The molecule has 0 fully saturated rings. The van der Waals surface area contributed by atoms with E-state index in [4.69, 9.17) is 15.7 Å². The smallest absolute Gasteiger partial charge is 0.0972 e. The number of allylic oxidation sites excluding steroid dienone is 2. The van der Waals surface area contributed by atoms with Gasteiger partial charge in [-0.3, -0.25) is 4.98 Å². The highest BCUT2D eigenvalue weighted by Gasteiger charge is 2.45. The van der Waals surface area contributed by atoms with E-state index in [2.05, 4.69) is 157 Å². The molecule has 1 aliphatic rings. The molecular formula is C50H34N4. The van der Waals surface area contributed by atoms with Crippen molar-refractivity contribution in [3.05, 3.63) is 210 Å². The first-order valence-corrected chi connectivity index (χ1v) is 18.2. The number of hydrogen-bond acceptors (Lipinski definition) is 4. The van der Waals surface area contributed by atoms with Crippen LogP contribution in [0, 0.1) is 0 Å². The average molecular weight is 691 g/mol. The summed E-state index contributed by atoms with van der Waals surface area (Å²) in [5.74, 6) is 0. The van der Waals surface area contributed by atoms with Crippen LogP contribution in [0.15, 0.2) is 183 Å². The largest absolute Gasteiger partial charge is 0.396 e. The van der Waals surface area contributed by atoms with Gasteiger partial charge in [-0.1, -0.05) is 164 Å². The predicted octanol–water partition coefficient (Wildman–Crippen LogP) is 11.8. The molecule has 0 radical (unpaired) electrons. The standard InChI is InChI=1S/C50H34N4/c1-2-3-9-34-15-16-36-23-29-44(53-47(36)46(34)51)32-19-25-38(26-20-32)50(42-13-6-4-11-40(42)41-12-5-7-14-43(41)50)39-27-21-33(22-28-39)45-30-24-37-18-17-35-10-8-31-52-48(35)49(37)54-45/h2-31H,1,51H2/b9-3-. The molecule has 3 aromatic heterocycles. The zero-order valence-electron chi connectivity index (χ0n) is 29.4. The maximum absolute atomic E-state index is 6.63. The topological polar surface area (TPSA) is 64.7 Å². The number of benzene rings is 6. The highest BCUT2D eigenvalue weighted by Crippen LogP contribution is 2.56. The van der Waals surface area contributed by atoms with Crippen LogP contribution in [0.2, 0.25) is 0 Å². The molecule has 0 aliphatic heterocycles. The van der Waals surface area contributed by atoms with Gasteiger partial charge in [0, 0.05) is 33.5 Å². The van der Waals surface area contributed by atoms with Gasteiger partial charge >= 0.3 is 0 Å². The van der Waals surface area contributed by atoms with Crippen LogP contribution in [-0.2, 0) is 5.41 Å². The number of nitrogens with two attached hydrogens (primary N) is 1. The first-order chi connectivity index (χ1) is 26.6. The summed E-state index contributed by atoms with van der Waals surface area (Å²) in [5.41, 5.74) is 21.6. The van der Waals surface area contributed by atoms with E-state index in [0.717, 1.165) is 60.8 Å². The SMILES string of the molecule is C=C/C=C\c1ccc2ccc(-c3ccc(C4(c5ccc(-c6ccc7ccc8cccnc8c7n6)cc5)c5ccccc5-c5ccccc54)cc3)nc2c1N. The van der Waals surface area contributed by atoms with Gasteiger partial charge in [-0.15, -0.1) is 0 Å². The van der Waals surface area contributed by atoms with E-state index in [-0.39, 0.29) is 0 Å². The Hall–Kier alpha value is -7.17. The molecule has 0 unspecified atom stereocenters.